The molecule has 0 saturated heterocycles. The van der Waals surface area contributed by atoms with Crippen molar-refractivity contribution in [3.8, 4) is 5.75 Å². The van der Waals surface area contributed by atoms with E-state index in [0.29, 0.717) is 34.4 Å². The van der Waals surface area contributed by atoms with Crippen LogP contribution in [-0.2, 0) is 20.6 Å². The molecule has 0 fully saturated rings. The van der Waals surface area contributed by atoms with E-state index in [0.717, 1.165) is 4.31 Å². The molecule has 0 bridgehead atoms. The lowest BCUT2D eigenvalue weighted by Crippen LogP contribution is -2.41. The van der Waals surface area contributed by atoms with Crippen LogP contribution in [0, 0.1) is 5.82 Å². The third-order valence-corrected chi connectivity index (χ3v) is 8.04. The summed E-state index contributed by atoms with van der Waals surface area (Å²) in [5.74, 6) is 0.373. The van der Waals surface area contributed by atoms with Gasteiger partial charge in [-0.25, -0.2) is 12.8 Å². The van der Waals surface area contributed by atoms with Gasteiger partial charge in [-0.15, -0.1) is 0 Å². The molecule has 0 saturated carbocycles. The Morgan fingerprint density at radius 1 is 1.06 bits per heavy atom. The van der Waals surface area contributed by atoms with Crippen LogP contribution in [0.3, 0.4) is 0 Å². The van der Waals surface area contributed by atoms with E-state index in [-0.39, 0.29) is 22.9 Å². The first-order valence-corrected chi connectivity index (χ1v) is 13.9. The second kappa shape index (κ2) is 12.8. The number of sulfonamides is 1. The van der Waals surface area contributed by atoms with E-state index in [1.807, 2.05) is 0 Å². The Balaban J connectivity index is 1.69. The number of carbonyl (C=O) groups is 1. The molecule has 0 atom stereocenters. The summed E-state index contributed by atoms with van der Waals surface area (Å²) in [4.78, 5) is 12.8. The van der Waals surface area contributed by atoms with Crippen LogP contribution in [0.1, 0.15) is 12.5 Å². The average Bonchev–Trinajstić information content (AvgIpc) is 2.85. The lowest BCUT2D eigenvalue weighted by atomic mass is 10.2. The smallest absolute Gasteiger partial charge is 0.264 e. The highest BCUT2D eigenvalue weighted by Gasteiger charge is 2.29. The zero-order valence-corrected chi connectivity index (χ0v) is 21.5. The third-order valence-electron chi connectivity index (χ3n) is 4.93. The van der Waals surface area contributed by atoms with Crippen LogP contribution in [0.25, 0.3) is 0 Å². The molecular formula is C25H26ClFN2O4S2. The van der Waals surface area contributed by atoms with Crippen LogP contribution >= 0.6 is 23.4 Å². The SMILES string of the molecule is CCOc1ccccc1N(CC(=O)NCCSCc1c(F)cccc1Cl)S(=O)(=O)c1ccccc1. The Morgan fingerprint density at radius 2 is 1.77 bits per heavy atom. The van der Waals surface area contributed by atoms with Gasteiger partial charge in [0.15, 0.2) is 0 Å². The molecule has 3 aromatic rings. The monoisotopic (exact) mass is 536 g/mol. The number of thioether (sulfide) groups is 1. The summed E-state index contributed by atoms with van der Waals surface area (Å²) in [6.07, 6.45) is 0. The Bertz CT molecular complexity index is 1220. The number of para-hydroxylation sites is 2. The predicted molar refractivity (Wildman–Crippen MR) is 139 cm³/mol. The van der Waals surface area contributed by atoms with Gasteiger partial charge in [0.25, 0.3) is 10.0 Å². The van der Waals surface area contributed by atoms with E-state index in [9.17, 15) is 17.6 Å². The minimum atomic E-state index is -4.04. The first-order chi connectivity index (χ1) is 16.8. The molecular weight excluding hydrogens is 511 g/mol. The zero-order chi connectivity index (χ0) is 25.3. The number of nitrogens with zero attached hydrogens (tertiary/aromatic N) is 1. The standard InChI is InChI=1S/C25H26ClFN2O4S2/c1-2-33-24-14-7-6-13-23(24)29(35(31,32)19-9-4-3-5-10-19)17-25(30)28-15-16-34-18-20-21(26)11-8-12-22(20)27/h3-14H,2,15-18H2,1H3,(H,28,30). The topological polar surface area (TPSA) is 75.7 Å². The highest BCUT2D eigenvalue weighted by molar-refractivity contribution is 7.98. The van der Waals surface area contributed by atoms with E-state index < -0.39 is 22.5 Å². The molecule has 3 rings (SSSR count). The summed E-state index contributed by atoms with van der Waals surface area (Å²) in [7, 11) is -4.04. The number of amides is 1. The van der Waals surface area contributed by atoms with Crippen molar-refractivity contribution >= 4 is 45.0 Å². The molecule has 0 aromatic heterocycles. The van der Waals surface area contributed by atoms with Crippen molar-refractivity contribution in [1.29, 1.82) is 0 Å². The van der Waals surface area contributed by atoms with Crippen molar-refractivity contribution in [1.82, 2.24) is 5.32 Å². The fraction of sp³-hybridized carbons (Fsp3) is 0.240. The van der Waals surface area contributed by atoms with Crippen molar-refractivity contribution in [3.63, 3.8) is 0 Å². The second-order valence-electron chi connectivity index (χ2n) is 7.33. The first kappa shape index (κ1) is 26.8. The van der Waals surface area contributed by atoms with Gasteiger partial charge in [-0.05, 0) is 43.3 Å². The maximum atomic E-state index is 13.9. The molecule has 6 nitrogen and oxygen atoms in total. The number of rotatable bonds is 12. The van der Waals surface area contributed by atoms with Gasteiger partial charge < -0.3 is 10.1 Å². The molecule has 1 N–H and O–H groups in total. The molecule has 0 aliphatic rings. The van der Waals surface area contributed by atoms with E-state index in [2.05, 4.69) is 5.32 Å². The van der Waals surface area contributed by atoms with Crippen molar-refractivity contribution in [2.75, 3.05) is 29.8 Å². The van der Waals surface area contributed by atoms with Crippen LogP contribution < -0.4 is 14.4 Å². The summed E-state index contributed by atoms with van der Waals surface area (Å²) >= 11 is 7.45. The lowest BCUT2D eigenvalue weighted by molar-refractivity contribution is -0.119. The fourth-order valence-corrected chi connectivity index (χ4v) is 5.90. The molecule has 0 aliphatic heterocycles. The van der Waals surface area contributed by atoms with Gasteiger partial charge in [-0.3, -0.25) is 9.10 Å². The normalized spacial score (nSPS) is 11.2. The number of carbonyl (C=O) groups excluding carboxylic acids is 1. The van der Waals surface area contributed by atoms with Crippen molar-refractivity contribution < 1.29 is 22.3 Å². The average molecular weight is 537 g/mol. The van der Waals surface area contributed by atoms with Crippen LogP contribution in [-0.4, -0.2) is 39.8 Å². The highest BCUT2D eigenvalue weighted by atomic mass is 35.5. The molecule has 0 radical (unpaired) electrons. The van der Waals surface area contributed by atoms with Crippen molar-refractivity contribution in [2.24, 2.45) is 0 Å². The molecule has 0 heterocycles. The molecule has 0 aliphatic carbocycles. The molecule has 35 heavy (non-hydrogen) atoms. The molecule has 10 heteroatoms. The van der Waals surface area contributed by atoms with Gasteiger partial charge in [0.2, 0.25) is 5.91 Å². The fourth-order valence-electron chi connectivity index (χ4n) is 3.25. The van der Waals surface area contributed by atoms with Crippen molar-refractivity contribution in [2.45, 2.75) is 17.6 Å². The Morgan fingerprint density at radius 3 is 2.49 bits per heavy atom. The van der Waals surface area contributed by atoms with E-state index in [4.69, 9.17) is 16.3 Å². The number of halogens is 2. The number of ether oxygens (including phenoxy) is 1. The van der Waals surface area contributed by atoms with Gasteiger partial charge in [-0.1, -0.05) is 48.0 Å². The Hall–Kier alpha value is -2.75. The van der Waals surface area contributed by atoms with E-state index in [1.54, 1.807) is 61.5 Å². The van der Waals surface area contributed by atoms with Gasteiger partial charge in [0.05, 0.1) is 17.2 Å². The summed E-state index contributed by atoms with van der Waals surface area (Å²) in [5, 5.41) is 3.10. The number of hydrogen-bond donors (Lipinski definition) is 1. The van der Waals surface area contributed by atoms with Gasteiger partial charge in [-0.2, -0.15) is 11.8 Å². The van der Waals surface area contributed by atoms with Crippen LogP contribution in [0.2, 0.25) is 5.02 Å². The second-order valence-corrected chi connectivity index (χ2v) is 10.7. The first-order valence-electron chi connectivity index (χ1n) is 10.9. The number of anilines is 1. The van der Waals surface area contributed by atoms with Crippen LogP contribution in [0.15, 0.2) is 77.7 Å². The summed E-state index contributed by atoms with van der Waals surface area (Å²) in [6, 6.07) is 19.1. The minimum absolute atomic E-state index is 0.0661. The Labute approximate surface area is 214 Å². The van der Waals surface area contributed by atoms with E-state index in [1.165, 1.54) is 30.0 Å². The third kappa shape index (κ3) is 7.13. The molecule has 3 aromatic carbocycles. The van der Waals surface area contributed by atoms with Crippen LogP contribution in [0.4, 0.5) is 10.1 Å². The molecule has 0 unspecified atom stereocenters. The van der Waals surface area contributed by atoms with Gasteiger partial charge in [0.1, 0.15) is 18.1 Å². The molecule has 1 amide bonds. The summed E-state index contributed by atoms with van der Waals surface area (Å²) in [6.45, 7) is 1.99. The maximum Gasteiger partial charge on any atom is 0.264 e. The maximum absolute atomic E-state index is 13.9. The molecule has 0 spiro atoms. The molecule has 186 valence electrons. The summed E-state index contributed by atoms with van der Waals surface area (Å²) < 4.78 is 47.5. The highest BCUT2D eigenvalue weighted by Crippen LogP contribution is 2.32. The number of hydrogen-bond acceptors (Lipinski definition) is 5. The Kier molecular flexibility index (Phi) is 9.83. The number of benzene rings is 3. The van der Waals surface area contributed by atoms with Crippen molar-refractivity contribution in [3.05, 3.63) is 89.2 Å². The lowest BCUT2D eigenvalue weighted by Gasteiger charge is -2.26. The van der Waals surface area contributed by atoms with E-state index >= 15 is 0 Å². The number of nitrogens with one attached hydrogen (secondary N) is 1. The largest absolute Gasteiger partial charge is 0.492 e. The predicted octanol–water partition coefficient (Wildman–Crippen LogP) is 5.12. The van der Waals surface area contributed by atoms with Crippen LogP contribution in [0.5, 0.6) is 5.75 Å². The minimum Gasteiger partial charge on any atom is -0.492 e. The summed E-state index contributed by atoms with van der Waals surface area (Å²) in [5.41, 5.74) is 0.690. The quantitative estimate of drug-likeness (QED) is 0.325. The van der Waals surface area contributed by atoms with Gasteiger partial charge >= 0.3 is 0 Å². The zero-order valence-electron chi connectivity index (χ0n) is 19.1. The van der Waals surface area contributed by atoms with Gasteiger partial charge in [0, 0.05) is 28.6 Å².